The number of rotatable bonds is 4. The molecule has 0 bridgehead atoms. The molecule has 0 spiro atoms. The third kappa shape index (κ3) is 3.39. The molecule has 19 heavy (non-hydrogen) atoms. The van der Waals surface area contributed by atoms with Crippen molar-refractivity contribution >= 4 is 34.7 Å². The van der Waals surface area contributed by atoms with Gasteiger partial charge in [0, 0.05) is 16.7 Å². The van der Waals surface area contributed by atoms with E-state index in [4.69, 9.17) is 17.3 Å². The highest BCUT2D eigenvalue weighted by Crippen LogP contribution is 2.36. The summed E-state index contributed by atoms with van der Waals surface area (Å²) >= 11 is 7.53. The quantitative estimate of drug-likeness (QED) is 0.398. The molecule has 0 amide bonds. The van der Waals surface area contributed by atoms with Crippen molar-refractivity contribution in [3.8, 4) is 0 Å². The summed E-state index contributed by atoms with van der Waals surface area (Å²) in [6.07, 6.45) is 0. The Bertz CT molecular complexity index is 605. The fourth-order valence-corrected chi connectivity index (χ4v) is 2.81. The minimum Gasteiger partial charge on any atom is -0.393 e. The number of hydrogen-bond acceptors (Lipinski definition) is 4. The minimum absolute atomic E-state index is 0.130. The molecule has 2 aromatic rings. The number of nitrogens with two attached hydrogens (primary N) is 1. The van der Waals surface area contributed by atoms with E-state index in [9.17, 15) is 10.1 Å². The molecular weight excluding hydrogens is 284 g/mol. The Morgan fingerprint density at radius 1 is 1.26 bits per heavy atom. The zero-order valence-corrected chi connectivity index (χ0v) is 11.4. The molecule has 0 atom stereocenters. The van der Waals surface area contributed by atoms with E-state index < -0.39 is 4.92 Å². The maximum absolute atomic E-state index is 10.7. The van der Waals surface area contributed by atoms with Gasteiger partial charge >= 0.3 is 0 Å². The highest BCUT2D eigenvalue weighted by Gasteiger charge is 2.15. The van der Waals surface area contributed by atoms with Gasteiger partial charge in [-0.25, -0.2) is 0 Å². The van der Waals surface area contributed by atoms with Crippen LogP contribution in [0.5, 0.6) is 0 Å². The topological polar surface area (TPSA) is 69.2 Å². The van der Waals surface area contributed by atoms with E-state index in [1.807, 2.05) is 30.3 Å². The van der Waals surface area contributed by atoms with Crippen LogP contribution in [0.3, 0.4) is 0 Å². The van der Waals surface area contributed by atoms with Gasteiger partial charge in [0.25, 0.3) is 5.69 Å². The van der Waals surface area contributed by atoms with Crippen LogP contribution in [0.2, 0.25) is 5.02 Å². The van der Waals surface area contributed by atoms with E-state index >= 15 is 0 Å². The first-order valence-corrected chi connectivity index (χ1v) is 6.84. The number of nitrogen functional groups attached to an aromatic ring is 1. The average molecular weight is 295 g/mol. The van der Waals surface area contributed by atoms with Crippen LogP contribution in [0.4, 0.5) is 11.4 Å². The van der Waals surface area contributed by atoms with E-state index in [-0.39, 0.29) is 11.4 Å². The molecule has 0 heterocycles. The first kappa shape index (κ1) is 13.7. The molecule has 0 saturated carbocycles. The third-order valence-electron chi connectivity index (χ3n) is 2.52. The summed E-state index contributed by atoms with van der Waals surface area (Å²) in [6, 6.07) is 12.7. The largest absolute Gasteiger partial charge is 0.393 e. The van der Waals surface area contributed by atoms with Crippen LogP contribution in [-0.4, -0.2) is 4.92 Å². The van der Waals surface area contributed by atoms with E-state index in [0.717, 1.165) is 16.2 Å². The van der Waals surface area contributed by atoms with Crippen LogP contribution in [0.15, 0.2) is 47.4 Å². The molecule has 0 aliphatic rings. The number of nitro groups is 1. The fraction of sp³-hybridized carbons (Fsp3) is 0.0769. The van der Waals surface area contributed by atoms with E-state index in [1.165, 1.54) is 17.8 Å². The highest BCUT2D eigenvalue weighted by molar-refractivity contribution is 7.98. The van der Waals surface area contributed by atoms with Gasteiger partial charge in [-0.15, -0.1) is 11.8 Å². The summed E-state index contributed by atoms with van der Waals surface area (Å²) in [5.74, 6) is 0.734. The first-order chi connectivity index (χ1) is 9.08. The zero-order valence-electron chi connectivity index (χ0n) is 9.88. The molecule has 2 rings (SSSR count). The van der Waals surface area contributed by atoms with Gasteiger partial charge in [0.15, 0.2) is 0 Å². The molecule has 0 aliphatic heterocycles. The van der Waals surface area contributed by atoms with Crippen LogP contribution in [0.1, 0.15) is 5.56 Å². The maximum Gasteiger partial charge on any atom is 0.293 e. The SMILES string of the molecule is Nc1cc(SCc2ccccc2)c(Cl)cc1[N+](=O)[O-]. The Balaban J connectivity index is 2.17. The predicted molar refractivity (Wildman–Crippen MR) is 78.5 cm³/mol. The molecular formula is C13H11ClN2O2S. The Kier molecular flexibility index (Phi) is 4.29. The van der Waals surface area contributed by atoms with Crippen LogP contribution < -0.4 is 5.73 Å². The summed E-state index contributed by atoms with van der Waals surface area (Å²) in [4.78, 5) is 10.9. The molecule has 2 aromatic carbocycles. The van der Waals surface area contributed by atoms with Crippen LogP contribution in [0, 0.1) is 10.1 Å². The lowest BCUT2D eigenvalue weighted by molar-refractivity contribution is -0.383. The van der Waals surface area contributed by atoms with Gasteiger partial charge in [-0.2, -0.15) is 0 Å². The fourth-order valence-electron chi connectivity index (χ4n) is 1.56. The molecule has 98 valence electrons. The molecule has 0 unspecified atom stereocenters. The smallest absolute Gasteiger partial charge is 0.293 e. The predicted octanol–water partition coefficient (Wildman–Crippen LogP) is 4.12. The second kappa shape index (κ2) is 5.95. The lowest BCUT2D eigenvalue weighted by Crippen LogP contribution is -1.96. The standard InChI is InChI=1S/C13H11ClN2O2S/c14-10-6-12(16(17)18)11(15)7-13(10)19-8-9-4-2-1-3-5-9/h1-7H,8,15H2. The van der Waals surface area contributed by atoms with Gasteiger partial charge in [0.05, 0.1) is 9.95 Å². The van der Waals surface area contributed by atoms with Gasteiger partial charge in [-0.3, -0.25) is 10.1 Å². The second-order valence-corrected chi connectivity index (χ2v) is 5.30. The van der Waals surface area contributed by atoms with Crippen molar-refractivity contribution in [1.82, 2.24) is 0 Å². The van der Waals surface area contributed by atoms with Crippen LogP contribution in [0.25, 0.3) is 0 Å². The minimum atomic E-state index is -0.535. The molecule has 0 aromatic heterocycles. The van der Waals surface area contributed by atoms with E-state index in [2.05, 4.69) is 0 Å². The number of nitrogens with zero attached hydrogens (tertiary/aromatic N) is 1. The van der Waals surface area contributed by atoms with Gasteiger partial charge in [-0.05, 0) is 11.6 Å². The van der Waals surface area contributed by atoms with Crippen LogP contribution in [-0.2, 0) is 5.75 Å². The van der Waals surface area contributed by atoms with Crippen molar-refractivity contribution in [2.24, 2.45) is 0 Å². The number of benzene rings is 2. The maximum atomic E-state index is 10.7. The number of thioether (sulfide) groups is 1. The van der Waals surface area contributed by atoms with Gasteiger partial charge < -0.3 is 5.73 Å². The highest BCUT2D eigenvalue weighted by atomic mass is 35.5. The Morgan fingerprint density at radius 2 is 1.95 bits per heavy atom. The summed E-state index contributed by atoms with van der Waals surface area (Å²) in [5, 5.41) is 11.1. The average Bonchev–Trinajstić information content (AvgIpc) is 2.40. The van der Waals surface area contributed by atoms with Crippen molar-refractivity contribution in [3.63, 3.8) is 0 Å². The molecule has 6 heteroatoms. The molecule has 0 radical (unpaired) electrons. The van der Waals surface area contributed by atoms with Crippen molar-refractivity contribution in [3.05, 3.63) is 63.2 Å². The van der Waals surface area contributed by atoms with Crippen molar-refractivity contribution < 1.29 is 4.92 Å². The molecule has 0 aliphatic carbocycles. The third-order valence-corrected chi connectivity index (χ3v) is 4.07. The van der Waals surface area contributed by atoms with Gasteiger partial charge in [0.1, 0.15) is 5.69 Å². The number of nitro benzene ring substituents is 1. The summed E-state index contributed by atoms with van der Waals surface area (Å²) < 4.78 is 0. The van der Waals surface area contributed by atoms with Gasteiger partial charge in [-0.1, -0.05) is 41.9 Å². The monoisotopic (exact) mass is 294 g/mol. The molecule has 0 saturated heterocycles. The van der Waals surface area contributed by atoms with Gasteiger partial charge in [0.2, 0.25) is 0 Å². The summed E-state index contributed by atoms with van der Waals surface area (Å²) in [5.41, 5.74) is 6.77. The van der Waals surface area contributed by atoms with Crippen molar-refractivity contribution in [1.29, 1.82) is 0 Å². The summed E-state index contributed by atoms with van der Waals surface area (Å²) in [6.45, 7) is 0. The van der Waals surface area contributed by atoms with E-state index in [1.54, 1.807) is 6.07 Å². The zero-order chi connectivity index (χ0) is 13.8. The second-order valence-electron chi connectivity index (χ2n) is 3.87. The normalized spacial score (nSPS) is 10.4. The lowest BCUT2D eigenvalue weighted by atomic mass is 10.2. The molecule has 2 N–H and O–H groups in total. The summed E-state index contributed by atoms with van der Waals surface area (Å²) in [7, 11) is 0. The first-order valence-electron chi connectivity index (χ1n) is 5.48. The number of anilines is 1. The Morgan fingerprint density at radius 3 is 2.58 bits per heavy atom. The number of halogens is 1. The molecule has 0 fully saturated rings. The Labute approximate surface area is 119 Å². The van der Waals surface area contributed by atoms with Crippen molar-refractivity contribution in [2.75, 3.05) is 5.73 Å². The van der Waals surface area contributed by atoms with Crippen LogP contribution >= 0.6 is 23.4 Å². The number of hydrogen-bond donors (Lipinski definition) is 1. The van der Waals surface area contributed by atoms with Crippen molar-refractivity contribution in [2.45, 2.75) is 10.6 Å². The van der Waals surface area contributed by atoms with E-state index in [0.29, 0.717) is 5.02 Å². The Hall–Kier alpha value is -1.72. The lowest BCUT2D eigenvalue weighted by Gasteiger charge is -2.06. The molecule has 4 nitrogen and oxygen atoms in total.